The monoisotopic (exact) mass is 332 g/mol. The van der Waals surface area contributed by atoms with E-state index in [1.54, 1.807) is 18.2 Å². The van der Waals surface area contributed by atoms with Gasteiger partial charge in [0.1, 0.15) is 18.1 Å². The van der Waals surface area contributed by atoms with Crippen LogP contribution in [0.15, 0.2) is 45.8 Å². The Labute approximate surface area is 139 Å². The van der Waals surface area contributed by atoms with Gasteiger partial charge in [0, 0.05) is 13.1 Å². The van der Waals surface area contributed by atoms with Gasteiger partial charge in [-0.3, -0.25) is 4.79 Å². The average Bonchev–Trinajstić information content (AvgIpc) is 3.03. The number of aliphatic imine (C=N–C) groups is 1. The summed E-state index contributed by atoms with van der Waals surface area (Å²) in [5.41, 5.74) is 5.79. The van der Waals surface area contributed by atoms with Crippen LogP contribution in [0.1, 0.15) is 28.8 Å². The molecule has 0 spiro atoms. The molecule has 0 aliphatic carbocycles. The molecule has 128 valence electrons. The predicted molar refractivity (Wildman–Crippen MR) is 90.1 cm³/mol. The second-order valence-electron chi connectivity index (χ2n) is 5.09. The van der Waals surface area contributed by atoms with Crippen molar-refractivity contribution in [3.8, 4) is 0 Å². The van der Waals surface area contributed by atoms with Crippen molar-refractivity contribution in [3.05, 3.63) is 59.3 Å². The number of hydrogen-bond acceptors (Lipinski definition) is 3. The summed E-state index contributed by atoms with van der Waals surface area (Å²) >= 11 is 0. The molecule has 0 fully saturated rings. The van der Waals surface area contributed by atoms with Gasteiger partial charge in [-0.2, -0.15) is 0 Å². The Kier molecular flexibility index (Phi) is 6.36. The number of nitrogens with one attached hydrogen (secondary N) is 2. The van der Waals surface area contributed by atoms with E-state index in [4.69, 9.17) is 10.2 Å². The lowest BCUT2D eigenvalue weighted by atomic mass is 10.1. The number of furan rings is 1. The van der Waals surface area contributed by atoms with E-state index in [2.05, 4.69) is 15.6 Å². The highest BCUT2D eigenvalue weighted by atomic mass is 19.1. The number of nitrogens with two attached hydrogens (primary N) is 1. The Morgan fingerprint density at radius 2 is 2.04 bits per heavy atom. The quantitative estimate of drug-likeness (QED) is 0.532. The maximum Gasteiger partial charge on any atom is 0.284 e. The van der Waals surface area contributed by atoms with Crippen LogP contribution in [0.3, 0.4) is 0 Å². The Hall–Kier alpha value is -2.83. The average molecular weight is 332 g/mol. The summed E-state index contributed by atoms with van der Waals surface area (Å²) in [6, 6.07) is 9.86. The molecule has 6 nitrogen and oxygen atoms in total. The van der Waals surface area contributed by atoms with E-state index < -0.39 is 5.91 Å². The summed E-state index contributed by atoms with van der Waals surface area (Å²) < 4.78 is 18.9. The fourth-order valence-electron chi connectivity index (χ4n) is 2.11. The Balaban J connectivity index is 1.90. The van der Waals surface area contributed by atoms with Crippen molar-refractivity contribution < 1.29 is 13.6 Å². The zero-order valence-electron chi connectivity index (χ0n) is 13.5. The molecule has 1 amide bonds. The first-order chi connectivity index (χ1) is 11.6. The van der Waals surface area contributed by atoms with Crippen LogP contribution in [-0.4, -0.2) is 25.0 Å². The molecule has 0 bridgehead atoms. The first-order valence-corrected chi connectivity index (χ1v) is 7.74. The van der Waals surface area contributed by atoms with Crippen LogP contribution in [-0.2, 0) is 13.0 Å². The summed E-state index contributed by atoms with van der Waals surface area (Å²) in [6.45, 7) is 3.45. The number of guanidine groups is 1. The first kappa shape index (κ1) is 17.5. The molecule has 4 N–H and O–H groups in total. The second kappa shape index (κ2) is 8.71. The van der Waals surface area contributed by atoms with Gasteiger partial charge in [-0.15, -0.1) is 0 Å². The molecular weight excluding hydrogens is 311 g/mol. The van der Waals surface area contributed by atoms with Crippen LogP contribution in [0.5, 0.6) is 0 Å². The van der Waals surface area contributed by atoms with E-state index in [-0.39, 0.29) is 18.1 Å². The molecule has 1 heterocycles. The minimum atomic E-state index is -0.611. The Bertz CT molecular complexity index is 712. The fourth-order valence-corrected chi connectivity index (χ4v) is 2.11. The van der Waals surface area contributed by atoms with Crippen LogP contribution in [0.4, 0.5) is 4.39 Å². The SMILES string of the molecule is CCNC(=NCc1ccc(C(N)=O)o1)NCCc1ccccc1F. The standard InChI is InChI=1S/C17H21FN4O2/c1-2-20-17(21-10-9-12-5-3-4-6-14(12)18)22-11-13-7-8-15(24-13)16(19)23/h3-8H,2,9-11H2,1H3,(H2,19,23)(H2,20,21,22). The van der Waals surface area contributed by atoms with Crippen LogP contribution in [0.25, 0.3) is 0 Å². The van der Waals surface area contributed by atoms with Gasteiger partial charge in [0.25, 0.3) is 5.91 Å². The molecule has 1 aromatic heterocycles. The van der Waals surface area contributed by atoms with Crippen LogP contribution < -0.4 is 16.4 Å². The summed E-state index contributed by atoms with van der Waals surface area (Å²) in [5.74, 6) is 0.412. The van der Waals surface area contributed by atoms with E-state index in [9.17, 15) is 9.18 Å². The van der Waals surface area contributed by atoms with E-state index in [1.807, 2.05) is 13.0 Å². The van der Waals surface area contributed by atoms with Gasteiger partial charge < -0.3 is 20.8 Å². The largest absolute Gasteiger partial charge is 0.454 e. The number of nitrogens with zero attached hydrogens (tertiary/aromatic N) is 1. The number of carbonyl (C=O) groups is 1. The third-order valence-corrected chi connectivity index (χ3v) is 3.29. The minimum absolute atomic E-state index is 0.109. The van der Waals surface area contributed by atoms with E-state index in [0.29, 0.717) is 36.8 Å². The zero-order chi connectivity index (χ0) is 17.4. The Morgan fingerprint density at radius 1 is 1.25 bits per heavy atom. The van der Waals surface area contributed by atoms with Gasteiger partial charge in [-0.1, -0.05) is 18.2 Å². The summed E-state index contributed by atoms with van der Waals surface area (Å²) in [7, 11) is 0. The summed E-state index contributed by atoms with van der Waals surface area (Å²) in [6.07, 6.45) is 0.545. The fraction of sp³-hybridized carbons (Fsp3) is 0.294. The van der Waals surface area contributed by atoms with Gasteiger partial charge in [-0.05, 0) is 37.1 Å². The van der Waals surface area contributed by atoms with Crippen molar-refractivity contribution >= 4 is 11.9 Å². The maximum atomic E-state index is 13.6. The van der Waals surface area contributed by atoms with Crippen molar-refractivity contribution in [2.24, 2.45) is 10.7 Å². The number of hydrogen-bond donors (Lipinski definition) is 3. The van der Waals surface area contributed by atoms with Crippen LogP contribution >= 0.6 is 0 Å². The molecular formula is C17H21FN4O2. The molecule has 0 unspecified atom stereocenters. The number of benzene rings is 1. The maximum absolute atomic E-state index is 13.6. The summed E-state index contributed by atoms with van der Waals surface area (Å²) in [4.78, 5) is 15.4. The zero-order valence-corrected chi connectivity index (χ0v) is 13.5. The number of carbonyl (C=O) groups excluding carboxylic acids is 1. The van der Waals surface area contributed by atoms with Crippen molar-refractivity contribution in [2.45, 2.75) is 19.9 Å². The van der Waals surface area contributed by atoms with E-state index in [1.165, 1.54) is 12.1 Å². The van der Waals surface area contributed by atoms with Crippen molar-refractivity contribution in [3.63, 3.8) is 0 Å². The molecule has 0 atom stereocenters. The lowest BCUT2D eigenvalue weighted by Crippen LogP contribution is -2.38. The molecule has 24 heavy (non-hydrogen) atoms. The number of rotatable bonds is 7. The topological polar surface area (TPSA) is 92.6 Å². The number of primary amides is 1. The molecule has 7 heteroatoms. The third kappa shape index (κ3) is 5.12. The molecule has 0 saturated heterocycles. The molecule has 0 aliphatic heterocycles. The van der Waals surface area contributed by atoms with Crippen molar-refractivity contribution in [1.82, 2.24) is 10.6 Å². The second-order valence-corrected chi connectivity index (χ2v) is 5.09. The van der Waals surface area contributed by atoms with Gasteiger partial charge in [0.2, 0.25) is 0 Å². The molecule has 0 radical (unpaired) electrons. The highest BCUT2D eigenvalue weighted by Crippen LogP contribution is 2.08. The molecule has 0 aliphatic rings. The van der Waals surface area contributed by atoms with Gasteiger partial charge in [0.15, 0.2) is 11.7 Å². The van der Waals surface area contributed by atoms with Gasteiger partial charge >= 0.3 is 0 Å². The molecule has 2 rings (SSSR count). The van der Waals surface area contributed by atoms with E-state index in [0.717, 1.165) is 0 Å². The number of amides is 1. The van der Waals surface area contributed by atoms with Crippen molar-refractivity contribution in [1.29, 1.82) is 0 Å². The molecule has 0 saturated carbocycles. The van der Waals surface area contributed by atoms with Crippen molar-refractivity contribution in [2.75, 3.05) is 13.1 Å². The van der Waals surface area contributed by atoms with Crippen LogP contribution in [0, 0.1) is 5.82 Å². The predicted octanol–water partition coefficient (Wildman–Crippen LogP) is 1.82. The molecule has 1 aromatic carbocycles. The highest BCUT2D eigenvalue weighted by Gasteiger charge is 2.07. The minimum Gasteiger partial charge on any atom is -0.454 e. The smallest absolute Gasteiger partial charge is 0.284 e. The lowest BCUT2D eigenvalue weighted by Gasteiger charge is -2.11. The van der Waals surface area contributed by atoms with Crippen LogP contribution in [0.2, 0.25) is 0 Å². The lowest BCUT2D eigenvalue weighted by molar-refractivity contribution is 0.0972. The van der Waals surface area contributed by atoms with E-state index >= 15 is 0 Å². The Morgan fingerprint density at radius 3 is 2.71 bits per heavy atom. The normalized spacial score (nSPS) is 11.3. The number of halogens is 1. The first-order valence-electron chi connectivity index (χ1n) is 7.74. The highest BCUT2D eigenvalue weighted by molar-refractivity contribution is 5.89. The third-order valence-electron chi connectivity index (χ3n) is 3.29. The summed E-state index contributed by atoms with van der Waals surface area (Å²) in [5, 5.41) is 6.23. The molecule has 2 aromatic rings. The van der Waals surface area contributed by atoms with Gasteiger partial charge in [0.05, 0.1) is 0 Å². The van der Waals surface area contributed by atoms with Gasteiger partial charge in [-0.25, -0.2) is 9.38 Å².